The van der Waals surface area contributed by atoms with Crippen molar-refractivity contribution in [3.05, 3.63) is 89.0 Å². The fourth-order valence-corrected chi connectivity index (χ4v) is 5.94. The van der Waals surface area contributed by atoms with Crippen LogP contribution in [0, 0.1) is 18.3 Å². The first kappa shape index (κ1) is 23.5. The van der Waals surface area contributed by atoms with Crippen LogP contribution in [-0.4, -0.2) is 40.5 Å². The van der Waals surface area contributed by atoms with Crippen molar-refractivity contribution in [3.63, 3.8) is 0 Å². The van der Waals surface area contributed by atoms with E-state index in [1.165, 1.54) is 27.7 Å². The summed E-state index contributed by atoms with van der Waals surface area (Å²) in [5.74, 6) is 1.23. The van der Waals surface area contributed by atoms with Crippen LogP contribution >= 0.6 is 0 Å². The molecule has 0 atom stereocenters. The minimum atomic E-state index is 0.709. The van der Waals surface area contributed by atoms with Gasteiger partial charge in [0.25, 0.3) is 0 Å². The molecule has 186 valence electrons. The Hall–Kier alpha value is -3.88. The normalized spacial score (nSPS) is 14.6. The summed E-state index contributed by atoms with van der Waals surface area (Å²) in [6, 6.07) is 26.1. The zero-order valence-electron chi connectivity index (χ0n) is 21.7. The van der Waals surface area contributed by atoms with E-state index >= 15 is 0 Å². The van der Waals surface area contributed by atoms with Crippen LogP contribution in [0.4, 0.5) is 5.82 Å². The molecule has 1 saturated heterocycles. The predicted octanol–water partition coefficient (Wildman–Crippen LogP) is 6.49. The van der Waals surface area contributed by atoms with Gasteiger partial charge in [-0.25, -0.2) is 4.98 Å². The Morgan fingerprint density at radius 2 is 1.68 bits per heavy atom. The van der Waals surface area contributed by atoms with Gasteiger partial charge in [-0.3, -0.25) is 9.30 Å². The van der Waals surface area contributed by atoms with E-state index in [1.807, 2.05) is 6.07 Å². The number of nitrogens with zero attached hydrogens (tertiary/aromatic N) is 5. The van der Waals surface area contributed by atoms with Gasteiger partial charge in [0.1, 0.15) is 11.9 Å². The molecule has 0 bridgehead atoms. The van der Waals surface area contributed by atoms with Crippen molar-refractivity contribution in [1.82, 2.24) is 14.3 Å². The summed E-state index contributed by atoms with van der Waals surface area (Å²) in [7, 11) is 0. The molecule has 0 unspecified atom stereocenters. The monoisotopic (exact) mass is 487 g/mol. The third-order valence-corrected chi connectivity index (χ3v) is 7.93. The van der Waals surface area contributed by atoms with Crippen molar-refractivity contribution >= 4 is 33.3 Å². The van der Waals surface area contributed by atoms with Crippen LogP contribution in [0.1, 0.15) is 42.0 Å². The Morgan fingerprint density at radius 1 is 0.919 bits per heavy atom. The Labute approximate surface area is 218 Å². The second-order valence-corrected chi connectivity index (χ2v) is 10.2. The van der Waals surface area contributed by atoms with Crippen molar-refractivity contribution in [2.45, 2.75) is 39.7 Å². The largest absolute Gasteiger partial charge is 0.355 e. The van der Waals surface area contributed by atoms with Crippen molar-refractivity contribution in [3.8, 4) is 6.07 Å². The van der Waals surface area contributed by atoms with E-state index in [1.54, 1.807) is 0 Å². The second-order valence-electron chi connectivity index (χ2n) is 10.2. The van der Waals surface area contributed by atoms with Crippen LogP contribution in [0.2, 0.25) is 0 Å². The third-order valence-electron chi connectivity index (χ3n) is 7.93. The molecule has 0 N–H and O–H groups in total. The van der Waals surface area contributed by atoms with Crippen LogP contribution < -0.4 is 4.90 Å². The summed E-state index contributed by atoms with van der Waals surface area (Å²) in [4.78, 5) is 10.0. The molecule has 0 amide bonds. The number of benzene rings is 3. The fraction of sp³-hybridized carbons (Fsp3) is 0.312. The lowest BCUT2D eigenvalue weighted by Gasteiger charge is -2.38. The maximum absolute atomic E-state index is 10.1. The molecule has 1 aliphatic rings. The molecule has 0 saturated carbocycles. The van der Waals surface area contributed by atoms with Crippen LogP contribution in [0.5, 0.6) is 0 Å². The average Bonchev–Trinajstić information content (AvgIpc) is 3.31. The molecule has 0 radical (unpaired) electrons. The highest BCUT2D eigenvalue weighted by Crippen LogP contribution is 2.35. The molecule has 5 nitrogen and oxygen atoms in total. The van der Waals surface area contributed by atoms with Crippen LogP contribution in [0.25, 0.3) is 27.5 Å². The van der Waals surface area contributed by atoms with Gasteiger partial charge in [0.05, 0.1) is 16.6 Å². The van der Waals surface area contributed by atoms with Gasteiger partial charge < -0.3 is 4.90 Å². The van der Waals surface area contributed by atoms with Crippen LogP contribution in [0.15, 0.2) is 66.7 Å². The lowest BCUT2D eigenvalue weighted by atomic mass is 9.99. The van der Waals surface area contributed by atoms with E-state index in [4.69, 9.17) is 4.98 Å². The van der Waals surface area contributed by atoms with E-state index < -0.39 is 0 Å². The minimum absolute atomic E-state index is 0.709. The highest BCUT2D eigenvalue weighted by Gasteiger charge is 2.26. The van der Waals surface area contributed by atoms with Gasteiger partial charge in [0.2, 0.25) is 0 Å². The molecule has 3 aromatic carbocycles. The van der Waals surface area contributed by atoms with E-state index in [0.29, 0.717) is 5.56 Å². The molecule has 0 aliphatic carbocycles. The van der Waals surface area contributed by atoms with E-state index in [2.05, 4.69) is 94.8 Å². The standard InChI is InChI=1S/C32H33N5/c1-3-4-13-26-23(2)28(21-33)31-34-29-15-7-8-16-30(29)37(31)32(26)36-19-17-35(18-20-36)22-25-12-9-11-24-10-5-6-14-27(24)25/h5-12,14-16H,3-4,13,17-20,22H2,1-2H3. The van der Waals surface area contributed by atoms with Gasteiger partial charge in [0.15, 0.2) is 5.65 Å². The SMILES string of the molecule is CCCCc1c(C)c(C#N)c2nc3ccccc3n2c1N1CCN(Cc2cccc3ccccc23)CC1. The fourth-order valence-electron chi connectivity index (χ4n) is 5.94. The summed E-state index contributed by atoms with van der Waals surface area (Å²) in [6.45, 7) is 9.23. The van der Waals surface area contributed by atoms with E-state index in [0.717, 1.165) is 74.2 Å². The molecule has 6 rings (SSSR count). The smallest absolute Gasteiger partial charge is 0.157 e. The first-order valence-corrected chi connectivity index (χ1v) is 13.5. The number of para-hydroxylation sites is 2. The van der Waals surface area contributed by atoms with Crippen LogP contribution in [0.3, 0.4) is 0 Å². The van der Waals surface area contributed by atoms with Gasteiger partial charge in [-0.1, -0.05) is 67.9 Å². The first-order chi connectivity index (χ1) is 18.2. The lowest BCUT2D eigenvalue weighted by Crippen LogP contribution is -2.47. The molecule has 37 heavy (non-hydrogen) atoms. The van der Waals surface area contributed by atoms with Gasteiger partial charge in [-0.05, 0) is 59.4 Å². The predicted molar refractivity (Wildman–Crippen MR) is 152 cm³/mol. The van der Waals surface area contributed by atoms with Crippen molar-refractivity contribution in [2.24, 2.45) is 0 Å². The topological polar surface area (TPSA) is 47.6 Å². The first-order valence-electron chi connectivity index (χ1n) is 13.5. The highest BCUT2D eigenvalue weighted by molar-refractivity contribution is 5.87. The maximum Gasteiger partial charge on any atom is 0.157 e. The molecule has 2 aromatic heterocycles. The van der Waals surface area contributed by atoms with Gasteiger partial charge in [-0.2, -0.15) is 5.26 Å². The molecular weight excluding hydrogens is 454 g/mol. The van der Waals surface area contributed by atoms with Gasteiger partial charge in [0, 0.05) is 32.7 Å². The van der Waals surface area contributed by atoms with Crippen molar-refractivity contribution in [1.29, 1.82) is 5.26 Å². The lowest BCUT2D eigenvalue weighted by molar-refractivity contribution is 0.250. The number of anilines is 1. The summed E-state index contributed by atoms with van der Waals surface area (Å²) in [5.41, 5.74) is 7.31. The minimum Gasteiger partial charge on any atom is -0.355 e. The van der Waals surface area contributed by atoms with Gasteiger partial charge in [-0.15, -0.1) is 0 Å². The van der Waals surface area contributed by atoms with E-state index in [-0.39, 0.29) is 0 Å². The van der Waals surface area contributed by atoms with E-state index in [9.17, 15) is 5.26 Å². The molecule has 5 aromatic rings. The zero-order valence-corrected chi connectivity index (χ0v) is 21.7. The maximum atomic E-state index is 10.1. The quantitative estimate of drug-likeness (QED) is 0.275. The Balaban J connectivity index is 1.37. The van der Waals surface area contributed by atoms with Crippen LogP contribution in [-0.2, 0) is 13.0 Å². The number of hydrogen-bond acceptors (Lipinski definition) is 4. The highest BCUT2D eigenvalue weighted by atomic mass is 15.3. The summed E-state index contributed by atoms with van der Waals surface area (Å²) < 4.78 is 2.27. The molecule has 3 heterocycles. The summed E-state index contributed by atoms with van der Waals surface area (Å²) in [5, 5.41) is 12.8. The number of nitriles is 1. The number of aromatic nitrogens is 2. The number of imidazole rings is 1. The Kier molecular flexibility index (Phi) is 6.28. The van der Waals surface area contributed by atoms with Crippen molar-refractivity contribution in [2.75, 3.05) is 31.1 Å². The molecule has 5 heteroatoms. The molecular formula is C32H33N5. The Morgan fingerprint density at radius 3 is 2.49 bits per heavy atom. The average molecular weight is 488 g/mol. The number of piperazine rings is 1. The summed E-state index contributed by atoms with van der Waals surface area (Å²) >= 11 is 0. The number of fused-ring (bicyclic) bond motifs is 4. The Bertz CT molecular complexity index is 1630. The zero-order chi connectivity index (χ0) is 25.4. The number of pyridine rings is 1. The molecule has 1 aliphatic heterocycles. The number of unbranched alkanes of at least 4 members (excludes halogenated alkanes) is 1. The molecule has 1 fully saturated rings. The second kappa shape index (κ2) is 9.88. The van der Waals surface area contributed by atoms with Gasteiger partial charge >= 0.3 is 0 Å². The number of hydrogen-bond donors (Lipinski definition) is 0. The van der Waals surface area contributed by atoms with Crippen molar-refractivity contribution < 1.29 is 0 Å². The third kappa shape index (κ3) is 4.12. The summed E-state index contributed by atoms with van der Waals surface area (Å²) in [6.07, 6.45) is 3.21. The number of rotatable bonds is 6. The molecule has 0 spiro atoms.